The van der Waals surface area contributed by atoms with Gasteiger partial charge >= 0.3 is 0 Å². The third-order valence-corrected chi connectivity index (χ3v) is 20.2. The molecule has 0 unspecified atom stereocenters. The summed E-state index contributed by atoms with van der Waals surface area (Å²) in [7, 11) is 0. The van der Waals surface area contributed by atoms with Crippen molar-refractivity contribution in [1.82, 2.24) is 73.8 Å². The summed E-state index contributed by atoms with van der Waals surface area (Å²) in [5, 5.41) is 46.4. The van der Waals surface area contributed by atoms with Crippen LogP contribution in [-0.2, 0) is 22.4 Å². The zero-order valence-electron chi connectivity index (χ0n) is 75.8. The summed E-state index contributed by atoms with van der Waals surface area (Å²) in [5.74, 6) is -1.24. The van der Waals surface area contributed by atoms with Crippen LogP contribution in [0.3, 0.4) is 0 Å². The van der Waals surface area contributed by atoms with Gasteiger partial charge in [0, 0.05) is 52.1 Å². The van der Waals surface area contributed by atoms with E-state index >= 15 is 0 Å². The molecule has 9 N–H and O–H groups in total. The molecule has 0 aliphatic rings. The number of aryl methyl sites for hydroxylation is 1. The Hall–Kier alpha value is -20.3. The maximum atomic E-state index is 13.1. The fourth-order valence-corrected chi connectivity index (χ4v) is 13.3. The number of carbonyl (C=O) groups is 9. The first-order valence-electron chi connectivity index (χ1n) is 44.1. The molecule has 19 rings (SSSR count). The van der Waals surface area contributed by atoms with Crippen LogP contribution >= 0.6 is 0 Å². The van der Waals surface area contributed by atoms with Crippen LogP contribution in [0.25, 0.3) is 34.5 Å². The Kier molecular flexibility index (Phi) is 32.6. The van der Waals surface area contributed by atoms with Gasteiger partial charge < -0.3 is 9.73 Å². The molecule has 0 fully saturated rings. The smallest absolute Gasteiger partial charge is 0.293 e. The van der Waals surface area contributed by atoms with E-state index in [9.17, 15) is 47.5 Å². The van der Waals surface area contributed by atoms with Gasteiger partial charge in [-0.3, -0.25) is 85.7 Å². The highest BCUT2D eigenvalue weighted by atomic mass is 19.1. The van der Waals surface area contributed by atoms with Crippen LogP contribution in [0.2, 0.25) is 0 Å². The highest BCUT2D eigenvalue weighted by molar-refractivity contribution is 6.07. The van der Waals surface area contributed by atoms with E-state index in [-0.39, 0.29) is 107 Å². The van der Waals surface area contributed by atoms with Crippen molar-refractivity contribution in [1.29, 1.82) is 0 Å². The molecule has 0 saturated carbocycles. The van der Waals surface area contributed by atoms with E-state index in [1.165, 1.54) is 68.3 Å². The molecule has 0 aliphatic heterocycles. The molecule has 8 amide bonds. The zero-order chi connectivity index (χ0) is 98.7. The molecule has 0 radical (unpaired) electrons. The number of hydrogen-bond donors (Lipinski definition) is 9. The molecule has 19 aromatic rings. The van der Waals surface area contributed by atoms with E-state index in [1.54, 1.807) is 126 Å². The third-order valence-electron chi connectivity index (χ3n) is 20.2. The number of anilines is 10. The van der Waals surface area contributed by atoms with Crippen LogP contribution in [-0.4, -0.2) is 127 Å². The Labute approximate surface area is 811 Å². The minimum atomic E-state index is -0.497. The van der Waals surface area contributed by atoms with Gasteiger partial charge in [0.15, 0.2) is 17.4 Å². The molecule has 6 aromatic heterocycles. The molecule has 13 aromatic carbocycles. The number of carbonyl (C=O) groups excluding carboxylic acids is 9. The predicted octanol–water partition coefficient (Wildman–Crippen LogP) is 18.9. The van der Waals surface area contributed by atoms with Gasteiger partial charge in [-0.05, 0) is 181 Å². The molecular weight excluding hydrogens is 1800 g/mol. The van der Waals surface area contributed by atoms with Crippen molar-refractivity contribution in [2.75, 3.05) is 47.9 Å². The molecule has 0 atom stereocenters. The predicted molar refractivity (Wildman–Crippen MR) is 537 cm³/mol. The second-order valence-corrected chi connectivity index (χ2v) is 30.4. The summed E-state index contributed by atoms with van der Waals surface area (Å²) >= 11 is 0. The summed E-state index contributed by atoms with van der Waals surface area (Å²) in [6.45, 7) is 3.42. The Morgan fingerprint density at radius 3 is 0.986 bits per heavy atom. The van der Waals surface area contributed by atoms with Crippen LogP contribution in [0.1, 0.15) is 104 Å². The molecule has 0 saturated heterocycles. The van der Waals surface area contributed by atoms with E-state index in [0.717, 1.165) is 34.6 Å². The van der Waals surface area contributed by atoms with Gasteiger partial charge in [0.1, 0.15) is 5.82 Å². The number of para-hydroxylation sites is 6. The first-order chi connectivity index (χ1) is 69.3. The minimum Gasteiger partial charge on any atom is -0.459 e. The van der Waals surface area contributed by atoms with E-state index in [4.69, 9.17) is 4.42 Å². The van der Waals surface area contributed by atoms with Gasteiger partial charge in [-0.25, -0.2) is 4.39 Å². The van der Waals surface area contributed by atoms with Gasteiger partial charge in [-0.15, -0.1) is 25.5 Å². The molecule has 702 valence electrons. The number of ketones is 1. The Morgan fingerprint density at radius 1 is 0.303 bits per heavy atom. The topological polar surface area (TPSA) is 429 Å². The van der Waals surface area contributed by atoms with Gasteiger partial charge in [-0.1, -0.05) is 244 Å². The van der Waals surface area contributed by atoms with Crippen LogP contribution in [0.5, 0.6) is 0 Å². The lowest BCUT2D eigenvalue weighted by molar-refractivity contribution is -0.114. The second-order valence-electron chi connectivity index (χ2n) is 30.4. The first kappa shape index (κ1) is 96.3. The quantitative estimate of drug-likeness (QED) is 0.0170. The lowest BCUT2D eigenvalue weighted by Gasteiger charge is -2.07. The van der Waals surface area contributed by atoms with Gasteiger partial charge in [0.2, 0.25) is 35.6 Å². The maximum absolute atomic E-state index is 13.1. The molecule has 34 nitrogen and oxygen atoms in total. The van der Waals surface area contributed by atoms with Crippen molar-refractivity contribution < 1.29 is 52.0 Å². The summed E-state index contributed by atoms with van der Waals surface area (Å²) in [5.41, 5.74) is 9.36. The number of Topliss-reactive ketones (excluding diaryl/α,β-unsaturated/α-hetero) is 1. The molecule has 0 bridgehead atoms. The minimum absolute atomic E-state index is 0.000177. The van der Waals surface area contributed by atoms with Crippen molar-refractivity contribution in [3.8, 4) is 28.4 Å². The average Bonchev–Trinajstić information content (AvgIpc) is 1.70. The van der Waals surface area contributed by atoms with Gasteiger partial charge in [0.25, 0.3) is 65.1 Å². The largest absolute Gasteiger partial charge is 0.459 e. The van der Waals surface area contributed by atoms with Crippen molar-refractivity contribution in [3.63, 3.8) is 0 Å². The van der Waals surface area contributed by atoms with Crippen molar-refractivity contribution in [2.24, 2.45) is 0 Å². The zero-order valence-corrected chi connectivity index (χ0v) is 75.8. The van der Waals surface area contributed by atoms with Crippen molar-refractivity contribution >= 4 is 118 Å². The number of furan rings is 1. The first-order valence-corrected chi connectivity index (χ1v) is 44.1. The summed E-state index contributed by atoms with van der Waals surface area (Å²) in [6.07, 6.45) is 5.48. The summed E-state index contributed by atoms with van der Waals surface area (Å²) < 4.78 is 25.7. The Balaban J connectivity index is 0.000000134. The maximum Gasteiger partial charge on any atom is 0.293 e. The lowest BCUT2D eigenvalue weighted by Crippen LogP contribution is -2.16. The summed E-state index contributed by atoms with van der Waals surface area (Å²) in [4.78, 5) is 133. The third kappa shape index (κ3) is 27.1. The Bertz CT molecular complexity index is 7490. The molecular formula is C107H87FN24O10. The lowest BCUT2D eigenvalue weighted by atomic mass is 10.1. The van der Waals surface area contributed by atoms with Crippen molar-refractivity contribution in [3.05, 3.63) is 469 Å². The van der Waals surface area contributed by atoms with Crippen LogP contribution in [0, 0.1) is 5.82 Å². The van der Waals surface area contributed by atoms with Gasteiger partial charge in [0.05, 0.1) is 41.1 Å². The van der Waals surface area contributed by atoms with Crippen LogP contribution in [0.15, 0.2) is 411 Å². The molecule has 6 heterocycles. The number of benzene rings is 13. The summed E-state index contributed by atoms with van der Waals surface area (Å²) in [6, 6.07) is 117. The number of amides is 8. The molecule has 35 heteroatoms. The Morgan fingerprint density at radius 2 is 0.613 bits per heavy atom. The van der Waals surface area contributed by atoms with Gasteiger partial charge in [-0.2, -0.15) is 48.3 Å². The molecule has 142 heavy (non-hydrogen) atoms. The normalized spacial score (nSPS) is 10.5. The SMILES string of the molecule is CC(=O)Nc1nc(NC(=O)c2ccccc2)nn1-c1ccccc1.CCc1ccc(C(=O)Nc2nc(NC(=O)c3ccc(F)cc3)nn2-c2ccccc2)cc1.O=C(/C=C/c1ccccc1)Nc1nc(CC(=O)c2ccccc2)nn1-c1ccccc1.O=C(Nc1nc(NC(=O)c2ccco2)n(-c2ccccc2)n1)c1ccccc1.O=C(Nc1nc(Nc2ccccc2)n(-c2ccccc2)n1)c1ccccc1. The van der Waals surface area contributed by atoms with Crippen LogP contribution in [0.4, 0.5) is 63.6 Å². The number of rotatable bonds is 27. The van der Waals surface area contributed by atoms with E-state index < -0.39 is 17.6 Å². The number of hydrogen-bond acceptors (Lipinski definition) is 21. The number of halogens is 1. The van der Waals surface area contributed by atoms with Crippen LogP contribution < -0.4 is 47.9 Å². The van der Waals surface area contributed by atoms with E-state index in [2.05, 4.69) is 98.3 Å². The monoisotopic (exact) mass is 1890 g/mol. The number of nitrogens with one attached hydrogen (secondary N) is 9. The highest BCUT2D eigenvalue weighted by Gasteiger charge is 2.24. The fraction of sp³-hybridized carbons (Fsp3) is 0.0374. The number of aromatic nitrogens is 15. The second kappa shape index (κ2) is 48.1. The van der Waals surface area contributed by atoms with Crippen molar-refractivity contribution in [2.45, 2.75) is 26.7 Å². The molecule has 0 spiro atoms. The fourth-order valence-electron chi connectivity index (χ4n) is 13.3. The highest BCUT2D eigenvalue weighted by Crippen LogP contribution is 2.26. The standard InChI is InChI=1S/C25H20N4O2.C24H20FN5O2.C21H17N5O.C20H15N5O3.C17H15N5O2/c30-22(20-12-6-2-7-13-20)18-23-26-25(29(28-23)21-14-8-3-9-15-21)27-24(31)17-16-19-10-4-1-5-11-19;1-2-16-8-10-17(11-9-16)22(32)27-24-28-23(29-30(24)20-6-4-3-5-7-20)26-21(31)18-12-14-19(25)15-13-18;27-19(16-10-4-1-5-11-16)23-20-24-21(22-17-12-6-2-7-13-17)26(25-20)18-14-8-3-9-15-18;26-17(14-8-3-1-4-9-14)21-19-23-20(22-18(27)16-12-7-13-28-16)25(24-19)15-10-5-2-6-11-15;1-12(23)18-17-20-16(19-15(24)13-8-4-2-5-9-13)21-22(17)14-10-6-3-7-11-14/h1-17H,18H2,(H,26,27,28,31);3-15H,2H2,1H3,(H2,26,27,28,29,31,32);1-15H,(H2,22,23,24,25,27);1-13H,(H2,21,22,23,24,26,27);2-11H,1H3,(H2,18,19,20,21,23,24)/b17-16+;;;;. The van der Waals surface area contributed by atoms with E-state index in [0.29, 0.717) is 56.7 Å². The average molecular weight is 1890 g/mol. The number of nitrogens with zero attached hydrogens (tertiary/aromatic N) is 15. The molecule has 0 aliphatic carbocycles. The van der Waals surface area contributed by atoms with E-state index in [1.807, 2.05) is 256 Å².